The molecule has 0 saturated carbocycles. The predicted octanol–water partition coefficient (Wildman–Crippen LogP) is -1.38. The minimum atomic E-state index is -4.95. The van der Waals surface area contributed by atoms with Gasteiger partial charge in [0.25, 0.3) is 0 Å². The van der Waals surface area contributed by atoms with Crippen molar-refractivity contribution >= 4 is 30.2 Å². The fourth-order valence-corrected chi connectivity index (χ4v) is 2.24. The van der Waals surface area contributed by atoms with Crippen LogP contribution in [0.15, 0.2) is 18.2 Å². The van der Waals surface area contributed by atoms with Crippen LogP contribution in [0.4, 0.5) is 5.69 Å². The number of nitrogens with two attached hydrogens (primary N) is 1. The Morgan fingerprint density at radius 3 is 2.47 bits per heavy atom. The molecule has 0 aromatic heterocycles. The molecular formula is C8H10AsNO5. The van der Waals surface area contributed by atoms with E-state index in [0.717, 1.165) is 6.07 Å². The van der Waals surface area contributed by atoms with Gasteiger partial charge in [-0.3, -0.25) is 0 Å². The van der Waals surface area contributed by atoms with Gasteiger partial charge < -0.3 is 0 Å². The van der Waals surface area contributed by atoms with Crippen LogP contribution in [0, 0.1) is 0 Å². The van der Waals surface area contributed by atoms with Gasteiger partial charge in [0.15, 0.2) is 0 Å². The molecule has 0 aliphatic heterocycles. The molecule has 0 amide bonds. The van der Waals surface area contributed by atoms with E-state index in [-0.39, 0.29) is 15.6 Å². The van der Waals surface area contributed by atoms with Crippen molar-refractivity contribution in [3.8, 4) is 0 Å². The first kappa shape index (κ1) is 11.8. The van der Waals surface area contributed by atoms with Gasteiger partial charge in [0.05, 0.1) is 0 Å². The van der Waals surface area contributed by atoms with Crippen LogP contribution in [-0.4, -0.2) is 35.4 Å². The number of ether oxygens (including phenoxy) is 1. The molecule has 0 aliphatic carbocycles. The average Bonchev–Trinajstić information content (AvgIpc) is 2.15. The van der Waals surface area contributed by atoms with Crippen molar-refractivity contribution in [2.24, 2.45) is 0 Å². The predicted molar refractivity (Wildman–Crippen MR) is 52.7 cm³/mol. The zero-order valence-electron chi connectivity index (χ0n) is 7.88. The van der Waals surface area contributed by atoms with Crippen molar-refractivity contribution < 1.29 is 21.5 Å². The third-order valence-electron chi connectivity index (χ3n) is 1.78. The van der Waals surface area contributed by atoms with Crippen LogP contribution in [0.3, 0.4) is 0 Å². The van der Waals surface area contributed by atoms with Gasteiger partial charge in [0.1, 0.15) is 0 Å². The zero-order valence-corrected chi connectivity index (χ0v) is 9.75. The van der Waals surface area contributed by atoms with E-state index >= 15 is 0 Å². The number of benzene rings is 1. The van der Waals surface area contributed by atoms with Gasteiger partial charge >= 0.3 is 88.2 Å². The van der Waals surface area contributed by atoms with Gasteiger partial charge in [0, 0.05) is 0 Å². The molecular weight excluding hydrogens is 265 g/mol. The maximum atomic E-state index is 11.1. The second-order valence-corrected chi connectivity index (χ2v) is 6.17. The molecule has 0 spiro atoms. The van der Waals surface area contributed by atoms with Gasteiger partial charge in [-0.15, -0.1) is 0 Å². The molecule has 1 aromatic carbocycles. The quantitative estimate of drug-likeness (QED) is 0.348. The van der Waals surface area contributed by atoms with Crippen molar-refractivity contribution in [2.45, 2.75) is 0 Å². The number of rotatable bonds is 2. The minimum absolute atomic E-state index is 0.0101. The Morgan fingerprint density at radius 2 is 2.07 bits per heavy atom. The standard InChI is InChI=1S/C8H10AsNO5/c1-15-8(11)6-3-2-5(4-7(6)10)9(12,13)14/h2-4H,10H2,1H3,(H2,12,13,14). The Hall–Kier alpha value is -1.23. The van der Waals surface area contributed by atoms with Crippen LogP contribution in [0.1, 0.15) is 10.4 Å². The number of esters is 1. The molecule has 7 heteroatoms. The summed E-state index contributed by atoms with van der Waals surface area (Å²) < 4.78 is 33.0. The second-order valence-electron chi connectivity index (χ2n) is 2.81. The summed E-state index contributed by atoms with van der Waals surface area (Å²) in [4.78, 5) is 11.1. The number of methoxy groups -OCH3 is 1. The molecule has 1 rings (SSSR count). The third kappa shape index (κ3) is 2.62. The van der Waals surface area contributed by atoms with Crippen LogP contribution in [0.2, 0.25) is 0 Å². The van der Waals surface area contributed by atoms with E-state index in [1.165, 1.54) is 19.2 Å². The second kappa shape index (κ2) is 4.10. The molecule has 15 heavy (non-hydrogen) atoms. The van der Waals surface area contributed by atoms with Gasteiger partial charge in [-0.2, -0.15) is 0 Å². The molecule has 0 aliphatic rings. The molecule has 0 saturated heterocycles. The fourth-order valence-electron chi connectivity index (χ4n) is 1.03. The molecule has 0 radical (unpaired) electrons. The molecule has 4 N–H and O–H groups in total. The molecule has 0 heterocycles. The Bertz CT molecular complexity index is 439. The van der Waals surface area contributed by atoms with Gasteiger partial charge in [-0.1, -0.05) is 0 Å². The monoisotopic (exact) mass is 275 g/mol. The number of anilines is 1. The Labute approximate surface area is 88.7 Å². The normalized spacial score (nSPS) is 11.1. The maximum absolute atomic E-state index is 11.1. The molecule has 0 atom stereocenters. The van der Waals surface area contributed by atoms with Crippen molar-refractivity contribution in [3.05, 3.63) is 23.8 Å². The van der Waals surface area contributed by atoms with E-state index < -0.39 is 20.1 Å². The van der Waals surface area contributed by atoms with E-state index in [1.54, 1.807) is 0 Å². The summed E-state index contributed by atoms with van der Waals surface area (Å²) in [5.41, 5.74) is 5.54. The molecule has 1 aromatic rings. The van der Waals surface area contributed by atoms with Crippen LogP contribution in [0.5, 0.6) is 0 Å². The van der Waals surface area contributed by atoms with E-state index in [2.05, 4.69) is 4.74 Å². The zero-order chi connectivity index (χ0) is 11.6. The van der Waals surface area contributed by atoms with Crippen molar-refractivity contribution in [1.82, 2.24) is 0 Å². The van der Waals surface area contributed by atoms with Crippen LogP contribution >= 0.6 is 0 Å². The average molecular weight is 275 g/mol. The number of nitrogen functional groups attached to an aromatic ring is 1. The van der Waals surface area contributed by atoms with E-state index in [0.29, 0.717) is 0 Å². The molecule has 6 nitrogen and oxygen atoms in total. The Kier molecular flexibility index (Phi) is 3.24. The first-order valence-corrected chi connectivity index (χ1v) is 7.28. The molecule has 82 valence electrons. The third-order valence-corrected chi connectivity index (χ3v) is 3.77. The summed E-state index contributed by atoms with van der Waals surface area (Å²) in [6, 6.07) is 3.49. The SMILES string of the molecule is COC(=O)c1ccc([As](=O)(O)O)cc1N. The summed E-state index contributed by atoms with van der Waals surface area (Å²) in [6.07, 6.45) is 0. The van der Waals surface area contributed by atoms with Gasteiger partial charge in [0.2, 0.25) is 0 Å². The molecule has 0 unspecified atom stereocenters. The summed E-state index contributed by atoms with van der Waals surface area (Å²) in [5, 5.41) is 0. The van der Waals surface area contributed by atoms with Crippen LogP contribution < -0.4 is 10.1 Å². The van der Waals surface area contributed by atoms with Crippen molar-refractivity contribution in [3.63, 3.8) is 0 Å². The van der Waals surface area contributed by atoms with Gasteiger partial charge in [-0.05, 0) is 0 Å². The van der Waals surface area contributed by atoms with E-state index in [4.69, 9.17) is 13.9 Å². The van der Waals surface area contributed by atoms with E-state index in [1.807, 2.05) is 0 Å². The number of hydrogen-bond donors (Lipinski definition) is 3. The fraction of sp³-hybridized carbons (Fsp3) is 0.125. The van der Waals surface area contributed by atoms with Crippen LogP contribution in [-0.2, 0) is 8.48 Å². The Balaban J connectivity index is 3.20. The van der Waals surface area contributed by atoms with Gasteiger partial charge in [-0.25, -0.2) is 0 Å². The summed E-state index contributed by atoms with van der Waals surface area (Å²) in [5.74, 6) is -0.642. The van der Waals surface area contributed by atoms with Crippen LogP contribution in [0.25, 0.3) is 0 Å². The first-order valence-electron chi connectivity index (χ1n) is 3.90. The molecule has 0 fully saturated rings. The first-order chi connectivity index (χ1) is 6.86. The molecule has 0 bridgehead atoms. The summed E-state index contributed by atoms with van der Waals surface area (Å²) in [7, 11) is 1.20. The number of carbonyl (C=O) groups excluding carboxylic acids is 1. The summed E-state index contributed by atoms with van der Waals surface area (Å²) in [6.45, 7) is 0. The number of carbonyl (C=O) groups is 1. The van der Waals surface area contributed by atoms with Crippen molar-refractivity contribution in [2.75, 3.05) is 12.8 Å². The summed E-state index contributed by atoms with van der Waals surface area (Å²) >= 11 is -4.95. The number of hydrogen-bond acceptors (Lipinski definition) is 4. The topological polar surface area (TPSA) is 110 Å². The van der Waals surface area contributed by atoms with Crippen molar-refractivity contribution in [1.29, 1.82) is 0 Å². The Morgan fingerprint density at radius 1 is 1.47 bits per heavy atom. The van der Waals surface area contributed by atoms with E-state index in [9.17, 15) is 8.53 Å².